The molecule has 0 aliphatic heterocycles. The molecule has 0 fully saturated rings. The van der Waals surface area contributed by atoms with Crippen LogP contribution in [0, 0.1) is 5.41 Å². The molecule has 0 amide bonds. The van der Waals surface area contributed by atoms with Gasteiger partial charge in [-0.15, -0.1) is 0 Å². The van der Waals surface area contributed by atoms with Crippen LogP contribution in [0.15, 0.2) is 36.8 Å². The summed E-state index contributed by atoms with van der Waals surface area (Å²) in [4.78, 5) is 9.02. The highest BCUT2D eigenvalue weighted by Crippen LogP contribution is 2.34. The fourth-order valence-corrected chi connectivity index (χ4v) is 3.14. The van der Waals surface area contributed by atoms with E-state index >= 15 is 0 Å². The van der Waals surface area contributed by atoms with Crippen molar-refractivity contribution < 1.29 is 13.5 Å². The largest absolute Gasteiger partial charge is 0.477 e. The topological polar surface area (TPSA) is 101 Å². The number of hydrogen-bond donors (Lipinski definition) is 3. The Morgan fingerprint density at radius 1 is 1.31 bits per heavy atom. The molecule has 0 bridgehead atoms. The van der Waals surface area contributed by atoms with Crippen LogP contribution in [-0.4, -0.2) is 38.1 Å². The van der Waals surface area contributed by atoms with Crippen LogP contribution in [0.2, 0.25) is 0 Å². The van der Waals surface area contributed by atoms with Gasteiger partial charge in [0.2, 0.25) is 5.88 Å². The summed E-state index contributed by atoms with van der Waals surface area (Å²) in [6.45, 7) is 5.55. The van der Waals surface area contributed by atoms with E-state index in [4.69, 9.17) is 15.1 Å². The third kappa shape index (κ3) is 5.37. The monoisotopic (exact) mass is 443 g/mol. The van der Waals surface area contributed by atoms with Gasteiger partial charge in [-0.05, 0) is 45.9 Å². The molecule has 0 atom stereocenters. The molecule has 3 rings (SSSR count). The molecule has 0 aliphatic rings. The summed E-state index contributed by atoms with van der Waals surface area (Å²) >= 11 is 0. The van der Waals surface area contributed by atoms with Gasteiger partial charge in [-0.3, -0.25) is 0 Å². The van der Waals surface area contributed by atoms with Crippen LogP contribution in [0.25, 0.3) is 11.3 Å². The molecule has 0 aromatic carbocycles. The summed E-state index contributed by atoms with van der Waals surface area (Å²) in [5.74, 6) is 0.449. The summed E-state index contributed by atoms with van der Waals surface area (Å²) in [5, 5.41) is 18.6. The van der Waals surface area contributed by atoms with E-state index in [1.165, 1.54) is 12.4 Å². The number of halogens is 2. The fourth-order valence-electron chi connectivity index (χ4n) is 3.14. The van der Waals surface area contributed by atoms with Gasteiger partial charge in [0, 0.05) is 30.5 Å². The van der Waals surface area contributed by atoms with Crippen LogP contribution in [0.5, 0.6) is 5.88 Å². The van der Waals surface area contributed by atoms with Gasteiger partial charge in [-0.2, -0.15) is 13.9 Å². The van der Waals surface area contributed by atoms with E-state index in [1.54, 1.807) is 19.2 Å². The van der Waals surface area contributed by atoms with Crippen LogP contribution in [0.1, 0.15) is 45.5 Å². The predicted molar refractivity (Wildman–Crippen MR) is 121 cm³/mol. The zero-order valence-corrected chi connectivity index (χ0v) is 18.5. The Bertz CT molecular complexity index is 1080. The van der Waals surface area contributed by atoms with Crippen LogP contribution in [-0.2, 0) is 6.54 Å². The van der Waals surface area contributed by atoms with Crippen molar-refractivity contribution in [2.24, 2.45) is 0 Å². The molecule has 3 aromatic heterocycles. The molecule has 3 N–H and O–H groups in total. The van der Waals surface area contributed by atoms with E-state index in [0.717, 1.165) is 0 Å². The lowest BCUT2D eigenvalue weighted by Gasteiger charge is -2.21. The standard InChI is InChI=1S/C22H27F2N7O/c1-5-32-21-16(7-6-8-26-21)17-9-18(20(29-13(2)3)19(30-17)14(4)25)27-10-15-11-28-31(12-15)22(23)24/h6-9,11-13,22,25,29H,5,10H2,1-4H3,(H,27,30). The Kier molecular flexibility index (Phi) is 7.34. The van der Waals surface area contributed by atoms with E-state index in [0.29, 0.717) is 51.1 Å². The van der Waals surface area contributed by atoms with Gasteiger partial charge >= 0.3 is 6.55 Å². The van der Waals surface area contributed by atoms with Gasteiger partial charge in [0.15, 0.2) is 0 Å². The first-order valence-corrected chi connectivity index (χ1v) is 10.3. The zero-order chi connectivity index (χ0) is 23.3. The molecule has 3 aromatic rings. The molecule has 0 spiro atoms. The molecule has 10 heteroatoms. The first-order chi connectivity index (χ1) is 15.3. The second kappa shape index (κ2) is 10.2. The Labute approximate surface area is 185 Å². The molecule has 3 heterocycles. The lowest BCUT2D eigenvalue weighted by Crippen LogP contribution is -2.17. The number of nitrogens with zero attached hydrogens (tertiary/aromatic N) is 4. The maximum absolute atomic E-state index is 12.9. The third-order valence-corrected chi connectivity index (χ3v) is 4.47. The molecule has 170 valence electrons. The number of ether oxygens (including phenoxy) is 1. The number of aromatic nitrogens is 4. The fraction of sp³-hybridized carbons (Fsp3) is 0.364. The van der Waals surface area contributed by atoms with Crippen molar-refractivity contribution in [3.05, 3.63) is 48.0 Å². The van der Waals surface area contributed by atoms with Crippen molar-refractivity contribution in [1.29, 1.82) is 5.41 Å². The van der Waals surface area contributed by atoms with Crippen LogP contribution in [0.4, 0.5) is 20.2 Å². The van der Waals surface area contributed by atoms with Gasteiger partial charge in [0.05, 0.1) is 41.1 Å². The summed E-state index contributed by atoms with van der Waals surface area (Å²) in [6, 6.07) is 5.58. The predicted octanol–water partition coefficient (Wildman–Crippen LogP) is 4.95. The van der Waals surface area contributed by atoms with Crippen LogP contribution < -0.4 is 15.4 Å². The Balaban J connectivity index is 2.06. The number of hydrogen-bond acceptors (Lipinski definition) is 7. The zero-order valence-electron chi connectivity index (χ0n) is 18.5. The lowest BCUT2D eigenvalue weighted by atomic mass is 10.1. The average molecular weight is 444 g/mol. The van der Waals surface area contributed by atoms with Crippen molar-refractivity contribution in [1.82, 2.24) is 19.7 Å². The van der Waals surface area contributed by atoms with Crippen LogP contribution in [0.3, 0.4) is 0 Å². The van der Waals surface area contributed by atoms with E-state index in [-0.39, 0.29) is 18.3 Å². The summed E-state index contributed by atoms with van der Waals surface area (Å²) < 4.78 is 32.0. The smallest absolute Gasteiger partial charge is 0.333 e. The first-order valence-electron chi connectivity index (χ1n) is 10.3. The minimum absolute atomic E-state index is 0.0836. The van der Waals surface area contributed by atoms with Crippen molar-refractivity contribution in [2.75, 3.05) is 17.2 Å². The van der Waals surface area contributed by atoms with E-state index in [9.17, 15) is 8.78 Å². The maximum atomic E-state index is 12.9. The minimum atomic E-state index is -2.69. The molecule has 0 aliphatic carbocycles. The second-order valence-corrected chi connectivity index (χ2v) is 7.45. The van der Waals surface area contributed by atoms with E-state index < -0.39 is 6.55 Å². The molecule has 0 saturated carbocycles. The maximum Gasteiger partial charge on any atom is 0.333 e. The summed E-state index contributed by atoms with van der Waals surface area (Å²) in [7, 11) is 0. The van der Waals surface area contributed by atoms with Gasteiger partial charge in [0.25, 0.3) is 0 Å². The van der Waals surface area contributed by atoms with Crippen molar-refractivity contribution >= 4 is 17.1 Å². The molecule has 8 nitrogen and oxygen atoms in total. The van der Waals surface area contributed by atoms with Crippen molar-refractivity contribution in [3.63, 3.8) is 0 Å². The number of rotatable bonds is 10. The number of nitrogens with one attached hydrogen (secondary N) is 3. The normalized spacial score (nSPS) is 11.1. The molecule has 0 unspecified atom stereocenters. The molecule has 32 heavy (non-hydrogen) atoms. The Morgan fingerprint density at radius 2 is 2.09 bits per heavy atom. The quantitative estimate of drug-likeness (QED) is 0.383. The molecular formula is C22H27F2N7O. The SMILES string of the molecule is CCOc1ncccc1-c1cc(NCc2cnn(C(F)F)c2)c(NC(C)C)c(C(C)=N)n1. The highest BCUT2D eigenvalue weighted by molar-refractivity contribution is 6.03. The minimum Gasteiger partial charge on any atom is -0.477 e. The lowest BCUT2D eigenvalue weighted by molar-refractivity contribution is 0.0565. The van der Waals surface area contributed by atoms with Crippen molar-refractivity contribution in [3.8, 4) is 17.1 Å². The highest BCUT2D eigenvalue weighted by atomic mass is 19.3. The Hall–Kier alpha value is -3.56. The molecular weight excluding hydrogens is 416 g/mol. The highest BCUT2D eigenvalue weighted by Gasteiger charge is 2.19. The van der Waals surface area contributed by atoms with Gasteiger partial charge in [-0.25, -0.2) is 14.6 Å². The molecule has 0 radical (unpaired) electrons. The van der Waals surface area contributed by atoms with Gasteiger partial charge in [0.1, 0.15) is 5.69 Å². The number of anilines is 2. The molecule has 0 saturated heterocycles. The van der Waals surface area contributed by atoms with Gasteiger partial charge < -0.3 is 20.8 Å². The Morgan fingerprint density at radius 3 is 2.72 bits per heavy atom. The summed E-state index contributed by atoms with van der Waals surface area (Å²) in [5.41, 5.74) is 3.99. The van der Waals surface area contributed by atoms with E-state index in [2.05, 4.69) is 20.7 Å². The van der Waals surface area contributed by atoms with Gasteiger partial charge in [-0.1, -0.05) is 0 Å². The van der Waals surface area contributed by atoms with Crippen LogP contribution >= 0.6 is 0 Å². The van der Waals surface area contributed by atoms with E-state index in [1.807, 2.05) is 32.9 Å². The van der Waals surface area contributed by atoms with Crippen molar-refractivity contribution in [2.45, 2.75) is 46.8 Å². The third-order valence-electron chi connectivity index (χ3n) is 4.47. The first kappa shape index (κ1) is 23.1. The number of alkyl halides is 2. The second-order valence-electron chi connectivity index (χ2n) is 7.45. The average Bonchev–Trinajstić information content (AvgIpc) is 3.22. The number of pyridine rings is 2. The summed E-state index contributed by atoms with van der Waals surface area (Å²) in [6.07, 6.45) is 4.34.